The number of hydrogen-bond acceptors (Lipinski definition) is 5. The first kappa shape index (κ1) is 18.7. The lowest BCUT2D eigenvalue weighted by Gasteiger charge is -2.35. The van der Waals surface area contributed by atoms with Crippen LogP contribution in [0, 0.1) is 5.82 Å². The lowest BCUT2D eigenvalue weighted by atomic mass is 10.2. The Hall–Kier alpha value is -3.68. The Morgan fingerprint density at radius 3 is 2.38 bits per heavy atom. The maximum absolute atomic E-state index is 13.0. The Bertz CT molecular complexity index is 980. The van der Waals surface area contributed by atoms with Crippen molar-refractivity contribution >= 4 is 23.3 Å². The van der Waals surface area contributed by atoms with Crippen molar-refractivity contribution in [2.24, 2.45) is 0 Å². The molecule has 1 saturated heterocycles. The van der Waals surface area contributed by atoms with Crippen LogP contribution in [0.1, 0.15) is 20.9 Å². The van der Waals surface area contributed by atoms with Gasteiger partial charge in [-0.2, -0.15) is 0 Å². The number of halogens is 1. The van der Waals surface area contributed by atoms with E-state index in [1.54, 1.807) is 29.3 Å². The molecule has 0 bridgehead atoms. The molecule has 0 atom stereocenters. The number of aromatic nitrogens is 1. The fourth-order valence-corrected chi connectivity index (χ4v) is 3.16. The van der Waals surface area contributed by atoms with Crippen molar-refractivity contribution in [3.8, 4) is 0 Å². The summed E-state index contributed by atoms with van der Waals surface area (Å²) >= 11 is 0. The molecule has 8 heteroatoms. The van der Waals surface area contributed by atoms with Gasteiger partial charge in [-0.25, -0.2) is 9.37 Å². The molecule has 1 aliphatic heterocycles. The smallest absolute Gasteiger partial charge is 0.291 e. The van der Waals surface area contributed by atoms with Crippen molar-refractivity contribution in [2.75, 3.05) is 36.4 Å². The Labute approximate surface area is 166 Å². The number of furan rings is 1. The molecule has 3 aromatic rings. The van der Waals surface area contributed by atoms with Crippen LogP contribution in [0.5, 0.6) is 0 Å². The minimum absolute atomic E-state index is 0.103. The molecule has 0 saturated carbocycles. The van der Waals surface area contributed by atoms with Crippen LogP contribution in [0.3, 0.4) is 0 Å². The largest absolute Gasteiger partial charge is 0.459 e. The third kappa shape index (κ3) is 4.26. The van der Waals surface area contributed by atoms with Gasteiger partial charge >= 0.3 is 0 Å². The lowest BCUT2D eigenvalue weighted by Crippen LogP contribution is -2.49. The molecule has 0 spiro atoms. The van der Waals surface area contributed by atoms with Crippen LogP contribution >= 0.6 is 0 Å². The fourth-order valence-electron chi connectivity index (χ4n) is 3.16. The van der Waals surface area contributed by atoms with E-state index in [1.165, 1.54) is 30.5 Å². The van der Waals surface area contributed by atoms with Gasteiger partial charge in [-0.1, -0.05) is 0 Å². The summed E-state index contributed by atoms with van der Waals surface area (Å²) in [5.74, 6) is 0.207. The Morgan fingerprint density at radius 1 is 1.00 bits per heavy atom. The number of carbonyl (C=O) groups is 2. The Morgan fingerprint density at radius 2 is 1.76 bits per heavy atom. The van der Waals surface area contributed by atoms with Gasteiger partial charge in [0.15, 0.2) is 5.76 Å². The zero-order valence-corrected chi connectivity index (χ0v) is 15.5. The number of benzene rings is 1. The topological polar surface area (TPSA) is 78.7 Å². The molecule has 0 aliphatic carbocycles. The van der Waals surface area contributed by atoms with Crippen molar-refractivity contribution in [2.45, 2.75) is 0 Å². The van der Waals surface area contributed by atoms with Gasteiger partial charge in [-0.3, -0.25) is 9.59 Å². The minimum Gasteiger partial charge on any atom is -0.459 e. The van der Waals surface area contributed by atoms with E-state index in [2.05, 4.69) is 15.2 Å². The summed E-state index contributed by atoms with van der Waals surface area (Å²) in [6, 6.07) is 12.4. The first-order chi connectivity index (χ1) is 14.1. The van der Waals surface area contributed by atoms with E-state index in [-0.39, 0.29) is 23.4 Å². The molecule has 4 rings (SSSR count). The van der Waals surface area contributed by atoms with Crippen LogP contribution in [0.4, 0.5) is 15.9 Å². The van der Waals surface area contributed by atoms with Crippen LogP contribution < -0.4 is 10.2 Å². The molecule has 148 valence electrons. The predicted octanol–water partition coefficient (Wildman–Crippen LogP) is 3.03. The van der Waals surface area contributed by atoms with Crippen molar-refractivity contribution in [3.05, 3.63) is 78.1 Å². The predicted molar refractivity (Wildman–Crippen MR) is 105 cm³/mol. The molecule has 2 amide bonds. The summed E-state index contributed by atoms with van der Waals surface area (Å²) in [4.78, 5) is 32.8. The second kappa shape index (κ2) is 8.14. The third-order valence-corrected chi connectivity index (χ3v) is 4.73. The molecular weight excluding hydrogens is 375 g/mol. The highest BCUT2D eigenvalue weighted by Gasteiger charge is 2.23. The first-order valence-electron chi connectivity index (χ1n) is 9.21. The van der Waals surface area contributed by atoms with Gasteiger partial charge in [-0.15, -0.1) is 0 Å². The third-order valence-electron chi connectivity index (χ3n) is 4.73. The van der Waals surface area contributed by atoms with Crippen molar-refractivity contribution < 1.29 is 18.4 Å². The quantitative estimate of drug-likeness (QED) is 0.736. The molecule has 0 unspecified atom stereocenters. The van der Waals surface area contributed by atoms with Crippen LogP contribution in [-0.4, -0.2) is 47.9 Å². The second-order valence-corrected chi connectivity index (χ2v) is 6.62. The van der Waals surface area contributed by atoms with E-state index in [9.17, 15) is 14.0 Å². The highest BCUT2D eigenvalue weighted by Crippen LogP contribution is 2.18. The molecular formula is C21H19FN4O3. The highest BCUT2D eigenvalue weighted by molar-refractivity contribution is 6.02. The van der Waals surface area contributed by atoms with Gasteiger partial charge in [-0.05, 0) is 48.5 Å². The maximum atomic E-state index is 13.0. The lowest BCUT2D eigenvalue weighted by molar-refractivity contribution is 0.0746. The van der Waals surface area contributed by atoms with Gasteiger partial charge in [0.25, 0.3) is 11.8 Å². The summed E-state index contributed by atoms with van der Waals surface area (Å²) < 4.78 is 18.1. The minimum atomic E-state index is -0.360. The second-order valence-electron chi connectivity index (χ2n) is 6.62. The number of hydrogen-bond donors (Lipinski definition) is 1. The normalized spacial score (nSPS) is 14.0. The van der Waals surface area contributed by atoms with Crippen LogP contribution in [0.15, 0.2) is 65.4 Å². The summed E-state index contributed by atoms with van der Waals surface area (Å²) in [5, 5.41) is 2.73. The van der Waals surface area contributed by atoms with E-state index >= 15 is 0 Å². The molecule has 0 radical (unpaired) electrons. The van der Waals surface area contributed by atoms with Gasteiger partial charge in [0.2, 0.25) is 0 Å². The number of rotatable bonds is 4. The van der Waals surface area contributed by atoms with E-state index in [0.29, 0.717) is 37.4 Å². The molecule has 1 fully saturated rings. The summed E-state index contributed by atoms with van der Waals surface area (Å²) in [7, 11) is 0. The molecule has 1 aliphatic rings. The molecule has 29 heavy (non-hydrogen) atoms. The van der Waals surface area contributed by atoms with Gasteiger partial charge in [0.1, 0.15) is 11.6 Å². The Kier molecular flexibility index (Phi) is 5.24. The molecule has 2 aromatic heterocycles. The number of pyridine rings is 1. The highest BCUT2D eigenvalue weighted by atomic mass is 19.1. The number of anilines is 2. The summed E-state index contributed by atoms with van der Waals surface area (Å²) in [6.45, 7) is 2.37. The summed E-state index contributed by atoms with van der Waals surface area (Å²) in [6.07, 6.45) is 3.03. The average Bonchev–Trinajstić information content (AvgIpc) is 3.30. The number of nitrogens with one attached hydrogen (secondary N) is 1. The number of carbonyl (C=O) groups excluding carboxylic acids is 2. The zero-order chi connectivity index (χ0) is 20.2. The molecule has 1 N–H and O–H groups in total. The van der Waals surface area contributed by atoms with E-state index in [0.717, 1.165) is 5.82 Å². The molecule has 3 heterocycles. The van der Waals surface area contributed by atoms with Gasteiger partial charge in [0, 0.05) is 31.7 Å². The SMILES string of the molecule is O=C(Nc1ccc(N2CCN(C(=O)c3ccc(F)cc3)CC2)nc1)c1ccco1. The fraction of sp³-hybridized carbons (Fsp3) is 0.190. The van der Waals surface area contributed by atoms with E-state index in [1.807, 2.05) is 6.07 Å². The number of nitrogens with zero attached hydrogens (tertiary/aromatic N) is 3. The first-order valence-corrected chi connectivity index (χ1v) is 9.21. The van der Waals surface area contributed by atoms with Gasteiger partial charge in [0.05, 0.1) is 18.1 Å². The zero-order valence-electron chi connectivity index (χ0n) is 15.5. The standard InChI is InChI=1S/C21H19FN4O3/c22-16-5-3-15(4-6-16)21(28)26-11-9-25(10-12-26)19-8-7-17(14-23-19)24-20(27)18-2-1-13-29-18/h1-8,13-14H,9-12H2,(H,24,27). The van der Waals surface area contributed by atoms with Crippen LogP contribution in [0.2, 0.25) is 0 Å². The average molecular weight is 394 g/mol. The number of amides is 2. The van der Waals surface area contributed by atoms with Gasteiger partial charge < -0.3 is 19.5 Å². The summed E-state index contributed by atoms with van der Waals surface area (Å²) in [5.41, 5.74) is 1.05. The molecule has 7 nitrogen and oxygen atoms in total. The molecule has 1 aromatic carbocycles. The van der Waals surface area contributed by atoms with E-state index < -0.39 is 0 Å². The van der Waals surface area contributed by atoms with E-state index in [4.69, 9.17) is 4.42 Å². The maximum Gasteiger partial charge on any atom is 0.291 e. The number of piperazine rings is 1. The monoisotopic (exact) mass is 394 g/mol. The van der Waals surface area contributed by atoms with Crippen LogP contribution in [-0.2, 0) is 0 Å². The van der Waals surface area contributed by atoms with Crippen molar-refractivity contribution in [1.29, 1.82) is 0 Å². The van der Waals surface area contributed by atoms with Crippen molar-refractivity contribution in [3.63, 3.8) is 0 Å². The van der Waals surface area contributed by atoms with Crippen LogP contribution in [0.25, 0.3) is 0 Å². The Balaban J connectivity index is 1.33. The van der Waals surface area contributed by atoms with Crippen molar-refractivity contribution in [1.82, 2.24) is 9.88 Å².